The van der Waals surface area contributed by atoms with E-state index in [-0.39, 0.29) is 5.41 Å². The average molecular weight is 302 g/mol. The Hall–Kier alpha value is -0.880. The number of nitrogens with two attached hydrogens (primary N) is 1. The van der Waals surface area contributed by atoms with Crippen LogP contribution < -0.4 is 11.1 Å². The van der Waals surface area contributed by atoms with Crippen molar-refractivity contribution in [2.75, 3.05) is 38.2 Å². The molecule has 0 fully saturated rings. The molecule has 0 amide bonds. The predicted molar refractivity (Wildman–Crippen MR) is 75.0 cm³/mol. The molecule has 0 radical (unpaired) electrons. The number of aromatic nitrogens is 2. The SMILES string of the molecule is CN(C)CC(C)(C)CNc1nc(N)cc(Br)n1. The molecule has 0 aliphatic heterocycles. The van der Waals surface area contributed by atoms with E-state index in [1.54, 1.807) is 6.07 Å². The summed E-state index contributed by atoms with van der Waals surface area (Å²) in [5.41, 5.74) is 5.79. The molecule has 1 aromatic heterocycles. The minimum atomic E-state index is 0.143. The van der Waals surface area contributed by atoms with Gasteiger partial charge in [-0.05, 0) is 35.4 Å². The summed E-state index contributed by atoms with van der Waals surface area (Å²) in [5, 5.41) is 3.21. The smallest absolute Gasteiger partial charge is 0.225 e. The molecule has 5 nitrogen and oxygen atoms in total. The van der Waals surface area contributed by atoms with E-state index in [0.717, 1.165) is 13.1 Å². The van der Waals surface area contributed by atoms with Crippen LogP contribution in [-0.4, -0.2) is 42.1 Å². The quantitative estimate of drug-likeness (QED) is 0.812. The van der Waals surface area contributed by atoms with Crippen LogP contribution in [0.5, 0.6) is 0 Å². The molecule has 0 saturated heterocycles. The molecule has 6 heteroatoms. The summed E-state index contributed by atoms with van der Waals surface area (Å²) in [7, 11) is 4.13. The molecule has 96 valence electrons. The Balaban J connectivity index is 2.60. The molecule has 0 aromatic carbocycles. The number of halogens is 1. The van der Waals surface area contributed by atoms with Crippen molar-refractivity contribution in [2.24, 2.45) is 5.41 Å². The van der Waals surface area contributed by atoms with Crippen LogP contribution in [0.25, 0.3) is 0 Å². The van der Waals surface area contributed by atoms with E-state index in [0.29, 0.717) is 16.4 Å². The van der Waals surface area contributed by atoms with Crippen molar-refractivity contribution in [3.63, 3.8) is 0 Å². The highest BCUT2D eigenvalue weighted by Crippen LogP contribution is 2.18. The maximum absolute atomic E-state index is 5.65. The summed E-state index contributed by atoms with van der Waals surface area (Å²) in [4.78, 5) is 10.5. The van der Waals surface area contributed by atoms with Gasteiger partial charge >= 0.3 is 0 Å². The van der Waals surface area contributed by atoms with Gasteiger partial charge < -0.3 is 16.0 Å². The lowest BCUT2D eigenvalue weighted by Gasteiger charge is -2.28. The minimum Gasteiger partial charge on any atom is -0.383 e. The van der Waals surface area contributed by atoms with Gasteiger partial charge in [0.2, 0.25) is 5.95 Å². The fraction of sp³-hybridized carbons (Fsp3) is 0.636. The van der Waals surface area contributed by atoms with Gasteiger partial charge in [-0.2, -0.15) is 4.98 Å². The van der Waals surface area contributed by atoms with Gasteiger partial charge in [0, 0.05) is 19.2 Å². The monoisotopic (exact) mass is 301 g/mol. The third-order valence-electron chi connectivity index (χ3n) is 2.18. The van der Waals surface area contributed by atoms with Gasteiger partial charge in [-0.3, -0.25) is 0 Å². The molecule has 17 heavy (non-hydrogen) atoms. The van der Waals surface area contributed by atoms with E-state index in [1.165, 1.54) is 0 Å². The number of hydrogen-bond acceptors (Lipinski definition) is 5. The molecule has 0 saturated carbocycles. The zero-order chi connectivity index (χ0) is 13.1. The van der Waals surface area contributed by atoms with Crippen LogP contribution in [0.1, 0.15) is 13.8 Å². The Morgan fingerprint density at radius 1 is 1.41 bits per heavy atom. The molecule has 1 aromatic rings. The maximum atomic E-state index is 5.65. The number of anilines is 2. The zero-order valence-electron chi connectivity index (χ0n) is 10.8. The molecular formula is C11H20BrN5. The molecule has 0 unspecified atom stereocenters. The Morgan fingerprint density at radius 3 is 2.59 bits per heavy atom. The summed E-state index contributed by atoms with van der Waals surface area (Å²) in [6, 6.07) is 1.68. The third-order valence-corrected chi connectivity index (χ3v) is 2.59. The molecule has 1 rings (SSSR count). The first-order chi connectivity index (χ1) is 7.78. The first-order valence-corrected chi connectivity index (χ1v) is 6.26. The Morgan fingerprint density at radius 2 is 2.06 bits per heavy atom. The van der Waals surface area contributed by atoms with Crippen molar-refractivity contribution in [1.29, 1.82) is 0 Å². The van der Waals surface area contributed by atoms with Gasteiger partial charge in [-0.1, -0.05) is 13.8 Å². The van der Waals surface area contributed by atoms with E-state index in [1.807, 2.05) is 0 Å². The highest BCUT2D eigenvalue weighted by molar-refractivity contribution is 9.10. The van der Waals surface area contributed by atoms with E-state index in [2.05, 4.69) is 64.1 Å². The molecule has 3 N–H and O–H groups in total. The number of nitrogen functional groups attached to an aromatic ring is 1. The van der Waals surface area contributed by atoms with Gasteiger partial charge in [0.05, 0.1) is 0 Å². The summed E-state index contributed by atoms with van der Waals surface area (Å²) in [6.07, 6.45) is 0. The molecule has 1 heterocycles. The number of nitrogens with one attached hydrogen (secondary N) is 1. The highest BCUT2D eigenvalue weighted by atomic mass is 79.9. The van der Waals surface area contributed by atoms with Crippen LogP contribution in [0.3, 0.4) is 0 Å². The van der Waals surface area contributed by atoms with Gasteiger partial charge in [0.1, 0.15) is 10.4 Å². The van der Waals surface area contributed by atoms with Crippen LogP contribution in [0, 0.1) is 5.41 Å². The van der Waals surface area contributed by atoms with Crippen LogP contribution in [0.4, 0.5) is 11.8 Å². The minimum absolute atomic E-state index is 0.143. The second kappa shape index (κ2) is 5.64. The number of hydrogen-bond donors (Lipinski definition) is 2. The second-order valence-electron chi connectivity index (χ2n) is 5.19. The van der Waals surface area contributed by atoms with Crippen molar-refractivity contribution < 1.29 is 0 Å². The lowest BCUT2D eigenvalue weighted by atomic mass is 9.93. The summed E-state index contributed by atoms with van der Waals surface area (Å²) >= 11 is 3.29. The molecule has 0 bridgehead atoms. The molecule has 0 spiro atoms. The van der Waals surface area contributed by atoms with E-state index >= 15 is 0 Å². The molecule has 0 atom stereocenters. The fourth-order valence-electron chi connectivity index (χ4n) is 1.74. The van der Waals surface area contributed by atoms with Gasteiger partial charge in [-0.25, -0.2) is 4.98 Å². The van der Waals surface area contributed by atoms with Gasteiger partial charge in [0.15, 0.2) is 0 Å². The van der Waals surface area contributed by atoms with E-state index in [9.17, 15) is 0 Å². The van der Waals surface area contributed by atoms with Crippen LogP contribution in [0.2, 0.25) is 0 Å². The van der Waals surface area contributed by atoms with Gasteiger partial charge in [0.25, 0.3) is 0 Å². The standard InChI is InChI=1S/C11H20BrN5/c1-11(2,7-17(3)4)6-14-10-15-8(12)5-9(13)16-10/h5H,6-7H2,1-4H3,(H3,13,14,15,16). The number of nitrogens with zero attached hydrogens (tertiary/aromatic N) is 3. The van der Waals surface area contributed by atoms with Crippen molar-refractivity contribution >= 4 is 27.7 Å². The Bertz CT molecular complexity index is 358. The lowest BCUT2D eigenvalue weighted by molar-refractivity contribution is 0.254. The normalized spacial score (nSPS) is 11.9. The summed E-state index contributed by atoms with van der Waals surface area (Å²) in [6.45, 7) is 6.17. The number of rotatable bonds is 5. The first kappa shape index (κ1) is 14.2. The summed E-state index contributed by atoms with van der Waals surface area (Å²) < 4.78 is 0.693. The first-order valence-electron chi connectivity index (χ1n) is 5.47. The molecular weight excluding hydrogens is 282 g/mol. The second-order valence-corrected chi connectivity index (χ2v) is 6.01. The zero-order valence-corrected chi connectivity index (χ0v) is 12.4. The van der Waals surface area contributed by atoms with Crippen molar-refractivity contribution in [3.8, 4) is 0 Å². The largest absolute Gasteiger partial charge is 0.383 e. The highest BCUT2D eigenvalue weighted by Gasteiger charge is 2.19. The Kier molecular flexibility index (Phi) is 4.70. The molecule has 0 aliphatic rings. The topological polar surface area (TPSA) is 67.1 Å². The van der Waals surface area contributed by atoms with Gasteiger partial charge in [-0.15, -0.1) is 0 Å². The fourth-order valence-corrected chi connectivity index (χ4v) is 2.15. The molecule has 0 aliphatic carbocycles. The predicted octanol–water partition coefficient (Wildman–Crippen LogP) is 1.82. The summed E-state index contributed by atoms with van der Waals surface area (Å²) in [5.74, 6) is 1.02. The van der Waals surface area contributed by atoms with Crippen molar-refractivity contribution in [3.05, 3.63) is 10.7 Å². The van der Waals surface area contributed by atoms with Crippen molar-refractivity contribution in [1.82, 2.24) is 14.9 Å². The Labute approximate surface area is 111 Å². The maximum Gasteiger partial charge on any atom is 0.225 e. The van der Waals surface area contributed by atoms with Crippen LogP contribution in [-0.2, 0) is 0 Å². The average Bonchev–Trinajstić information content (AvgIpc) is 2.11. The van der Waals surface area contributed by atoms with Crippen LogP contribution >= 0.6 is 15.9 Å². The van der Waals surface area contributed by atoms with E-state index < -0.39 is 0 Å². The lowest BCUT2D eigenvalue weighted by Crippen LogP contribution is -2.34. The van der Waals surface area contributed by atoms with Crippen LogP contribution in [0.15, 0.2) is 10.7 Å². The van der Waals surface area contributed by atoms with Crippen molar-refractivity contribution in [2.45, 2.75) is 13.8 Å². The third kappa shape index (κ3) is 5.32. The van der Waals surface area contributed by atoms with E-state index in [4.69, 9.17) is 5.73 Å².